The fraction of sp³-hybridized carbons (Fsp3) is 0.478. The predicted molar refractivity (Wildman–Crippen MR) is 125 cm³/mol. The van der Waals surface area contributed by atoms with Gasteiger partial charge in [-0.2, -0.15) is 4.98 Å². The number of fused-ring (bicyclic) bond motifs is 2. The van der Waals surface area contributed by atoms with Gasteiger partial charge in [0.2, 0.25) is 11.8 Å². The third kappa shape index (κ3) is 4.11. The maximum atomic E-state index is 15.0. The lowest BCUT2D eigenvalue weighted by atomic mass is 10.0. The molecule has 36 heavy (non-hydrogen) atoms. The molecule has 3 aromatic heterocycles. The standard InChI is InChI=1S/C23H25F3N8O2/c1-35-22-21-15(13-2-3-18-19(8-13)34(31-29-18)10-20(25)26)4-7-33(21)30-23(28-22)27-17-5-6-32(9-16(17)24)14-11-36-12-14/h2-4,7-8,14,16-17,20H,5-6,9-12H2,1H3,(H,27,30)/t16-,17+/m1/s1/i1D3. The van der Waals surface area contributed by atoms with E-state index in [-0.39, 0.29) is 29.9 Å². The minimum Gasteiger partial charge on any atom is -0.479 e. The second-order valence-electron chi connectivity index (χ2n) is 8.97. The Bertz CT molecular complexity index is 1490. The van der Waals surface area contributed by atoms with Gasteiger partial charge in [0, 0.05) is 24.8 Å². The summed E-state index contributed by atoms with van der Waals surface area (Å²) in [4.78, 5) is 6.38. The molecule has 0 spiro atoms. The fourth-order valence-electron chi connectivity index (χ4n) is 4.78. The van der Waals surface area contributed by atoms with E-state index >= 15 is 4.39 Å². The van der Waals surface area contributed by atoms with Crippen LogP contribution < -0.4 is 10.1 Å². The van der Waals surface area contributed by atoms with Crippen molar-refractivity contribution in [1.29, 1.82) is 0 Å². The number of hydrogen-bond acceptors (Lipinski definition) is 8. The summed E-state index contributed by atoms with van der Waals surface area (Å²) >= 11 is 0. The summed E-state index contributed by atoms with van der Waals surface area (Å²) in [5, 5.41) is 15.2. The van der Waals surface area contributed by atoms with Crippen LogP contribution >= 0.6 is 0 Å². The van der Waals surface area contributed by atoms with E-state index in [1.165, 1.54) is 4.52 Å². The number of aromatic nitrogens is 6. The van der Waals surface area contributed by atoms with Gasteiger partial charge in [-0.15, -0.1) is 10.2 Å². The van der Waals surface area contributed by atoms with Crippen LogP contribution in [0.5, 0.6) is 5.88 Å². The highest BCUT2D eigenvalue weighted by molar-refractivity contribution is 5.89. The Morgan fingerprint density at radius 1 is 1.31 bits per heavy atom. The number of benzene rings is 1. The van der Waals surface area contributed by atoms with Crippen molar-refractivity contribution in [3.63, 3.8) is 0 Å². The minimum absolute atomic E-state index is 0.0200. The summed E-state index contributed by atoms with van der Waals surface area (Å²) in [6.07, 6.45) is -1.71. The molecule has 0 unspecified atom stereocenters. The zero-order valence-corrected chi connectivity index (χ0v) is 19.0. The second-order valence-corrected chi connectivity index (χ2v) is 8.97. The summed E-state index contributed by atoms with van der Waals surface area (Å²) in [7, 11) is -2.82. The number of nitrogens with one attached hydrogen (secondary N) is 1. The molecule has 4 aromatic rings. The van der Waals surface area contributed by atoms with E-state index in [0.717, 1.165) is 4.68 Å². The third-order valence-electron chi connectivity index (χ3n) is 6.74. The molecule has 0 aliphatic carbocycles. The Kier molecular flexibility index (Phi) is 5.04. The molecule has 2 aliphatic rings. The smallest absolute Gasteiger partial charge is 0.258 e. The van der Waals surface area contributed by atoms with Crippen LogP contribution in [0.15, 0.2) is 30.5 Å². The molecular weight excluding hydrogens is 477 g/mol. The predicted octanol–water partition coefficient (Wildman–Crippen LogP) is 2.64. The van der Waals surface area contributed by atoms with Gasteiger partial charge in [0.05, 0.1) is 42.0 Å². The summed E-state index contributed by atoms with van der Waals surface area (Å²) in [5.41, 5.74) is 2.14. The number of anilines is 1. The normalized spacial score (nSPS) is 22.9. The van der Waals surface area contributed by atoms with Crippen LogP contribution in [0.1, 0.15) is 10.5 Å². The van der Waals surface area contributed by atoms with Crippen molar-refractivity contribution >= 4 is 22.5 Å². The molecule has 0 bridgehead atoms. The quantitative estimate of drug-likeness (QED) is 0.410. The molecule has 6 rings (SSSR count). The molecule has 10 nitrogen and oxygen atoms in total. The van der Waals surface area contributed by atoms with Crippen LogP contribution in [0.25, 0.3) is 27.7 Å². The first-order chi connectivity index (χ1) is 18.6. The highest BCUT2D eigenvalue weighted by Gasteiger charge is 2.35. The van der Waals surface area contributed by atoms with Crippen molar-refractivity contribution in [1.82, 2.24) is 34.5 Å². The van der Waals surface area contributed by atoms with Crippen molar-refractivity contribution in [2.75, 3.05) is 38.7 Å². The average molecular weight is 506 g/mol. The molecule has 2 saturated heterocycles. The molecule has 2 aliphatic heterocycles. The van der Waals surface area contributed by atoms with Gasteiger partial charge in [0.1, 0.15) is 23.7 Å². The van der Waals surface area contributed by atoms with Gasteiger partial charge in [0.15, 0.2) is 0 Å². The first-order valence-electron chi connectivity index (χ1n) is 13.1. The van der Waals surface area contributed by atoms with Gasteiger partial charge in [-0.25, -0.2) is 22.4 Å². The number of alkyl halides is 3. The van der Waals surface area contributed by atoms with Gasteiger partial charge < -0.3 is 14.8 Å². The molecule has 13 heteroatoms. The van der Waals surface area contributed by atoms with Crippen molar-refractivity contribution < 1.29 is 26.8 Å². The molecule has 0 amide bonds. The number of nitrogens with zero attached hydrogens (tertiary/aromatic N) is 7. The average Bonchev–Trinajstić information content (AvgIpc) is 3.42. The molecule has 0 radical (unpaired) electrons. The summed E-state index contributed by atoms with van der Waals surface area (Å²) in [6.45, 7) is 1.52. The Morgan fingerprint density at radius 2 is 2.19 bits per heavy atom. The number of likely N-dealkylation sites (tertiary alicyclic amines) is 1. The maximum Gasteiger partial charge on any atom is 0.258 e. The van der Waals surface area contributed by atoms with Crippen LogP contribution in [0.4, 0.5) is 19.1 Å². The van der Waals surface area contributed by atoms with Crippen molar-refractivity contribution in [3.05, 3.63) is 30.5 Å². The SMILES string of the molecule is [2H]C([2H])([2H])Oc1nc(N[C@H]2CCN(C3COC3)C[C@H]2F)nn2ccc(-c3ccc4nnn(CC(F)F)c4c3)c12. The number of hydrogen-bond donors (Lipinski definition) is 1. The van der Waals surface area contributed by atoms with E-state index in [9.17, 15) is 8.78 Å². The number of rotatable bonds is 7. The zero-order chi connectivity index (χ0) is 27.3. The van der Waals surface area contributed by atoms with Gasteiger partial charge in [-0.3, -0.25) is 4.90 Å². The number of piperidine rings is 1. The van der Waals surface area contributed by atoms with Crippen molar-refractivity contribution in [2.45, 2.75) is 37.6 Å². The summed E-state index contributed by atoms with van der Waals surface area (Å²) < 4.78 is 77.0. The largest absolute Gasteiger partial charge is 0.479 e. The van der Waals surface area contributed by atoms with Crippen LogP contribution in [0.3, 0.4) is 0 Å². The van der Waals surface area contributed by atoms with Crippen LogP contribution in [0, 0.1) is 0 Å². The van der Waals surface area contributed by atoms with Gasteiger partial charge in [0.25, 0.3) is 6.43 Å². The monoisotopic (exact) mass is 505 g/mol. The number of ether oxygens (including phenoxy) is 2. The molecular formula is C23H25F3N8O2. The van der Waals surface area contributed by atoms with Gasteiger partial charge in [-0.1, -0.05) is 11.3 Å². The first-order valence-corrected chi connectivity index (χ1v) is 11.6. The second kappa shape index (κ2) is 9.21. The van der Waals surface area contributed by atoms with E-state index in [2.05, 4.69) is 30.6 Å². The van der Waals surface area contributed by atoms with E-state index in [1.54, 1.807) is 30.5 Å². The highest BCUT2D eigenvalue weighted by atomic mass is 19.3. The van der Waals surface area contributed by atoms with Crippen LogP contribution in [0.2, 0.25) is 0 Å². The number of halogens is 3. The summed E-state index contributed by atoms with van der Waals surface area (Å²) in [5.74, 6) is -0.210. The van der Waals surface area contributed by atoms with Crippen LogP contribution in [-0.2, 0) is 11.3 Å². The Balaban J connectivity index is 1.33. The highest BCUT2D eigenvalue weighted by Crippen LogP contribution is 2.33. The molecule has 2 fully saturated rings. The minimum atomic E-state index is -2.82. The molecule has 2 atom stereocenters. The lowest BCUT2D eigenvalue weighted by Crippen LogP contribution is -2.57. The third-order valence-corrected chi connectivity index (χ3v) is 6.74. The molecule has 0 saturated carbocycles. The Morgan fingerprint density at radius 3 is 2.94 bits per heavy atom. The van der Waals surface area contributed by atoms with E-state index in [1.807, 2.05) is 0 Å². The Labute approximate surface area is 208 Å². The van der Waals surface area contributed by atoms with E-state index in [0.29, 0.717) is 48.3 Å². The maximum absolute atomic E-state index is 15.0. The number of methoxy groups -OCH3 is 1. The topological polar surface area (TPSA) is 94.6 Å². The van der Waals surface area contributed by atoms with Crippen LogP contribution in [-0.4, -0.2) is 92.5 Å². The van der Waals surface area contributed by atoms with E-state index < -0.39 is 32.2 Å². The zero-order valence-electron chi connectivity index (χ0n) is 22.0. The Hall–Kier alpha value is -3.45. The fourth-order valence-corrected chi connectivity index (χ4v) is 4.78. The van der Waals surface area contributed by atoms with E-state index in [4.69, 9.17) is 13.6 Å². The molecule has 1 aromatic carbocycles. The van der Waals surface area contributed by atoms with Gasteiger partial charge in [-0.05, 0) is 30.2 Å². The summed E-state index contributed by atoms with van der Waals surface area (Å²) in [6, 6.07) is 6.32. The molecule has 5 heterocycles. The molecule has 190 valence electrons. The van der Waals surface area contributed by atoms with Crippen molar-refractivity contribution in [2.24, 2.45) is 0 Å². The molecule has 1 N–H and O–H groups in total. The van der Waals surface area contributed by atoms with Gasteiger partial charge >= 0.3 is 0 Å². The lowest BCUT2D eigenvalue weighted by Gasteiger charge is -2.42. The van der Waals surface area contributed by atoms with Crippen molar-refractivity contribution in [3.8, 4) is 17.0 Å². The first kappa shape index (κ1) is 19.7. The lowest BCUT2D eigenvalue weighted by molar-refractivity contribution is -0.0794.